The lowest BCUT2D eigenvalue weighted by molar-refractivity contribution is -0.142. The summed E-state index contributed by atoms with van der Waals surface area (Å²) in [6, 6.07) is 2.55. The van der Waals surface area contributed by atoms with Crippen LogP contribution in [0.1, 0.15) is 19.4 Å². The van der Waals surface area contributed by atoms with Gasteiger partial charge in [-0.3, -0.25) is 4.79 Å². The number of nitrogens with one attached hydrogen (secondary N) is 1. The number of rotatable bonds is 7. The maximum atomic E-state index is 11.9. The zero-order valence-corrected chi connectivity index (χ0v) is 15.0. The van der Waals surface area contributed by atoms with Crippen molar-refractivity contribution in [2.24, 2.45) is 5.92 Å². The molecule has 0 aliphatic rings. The molecule has 23 heavy (non-hydrogen) atoms. The van der Waals surface area contributed by atoms with E-state index < -0.39 is 17.9 Å². The van der Waals surface area contributed by atoms with Crippen molar-refractivity contribution in [3.8, 4) is 11.5 Å². The number of carboxylic acids is 1. The van der Waals surface area contributed by atoms with Gasteiger partial charge in [0.05, 0.1) is 18.7 Å². The normalized spacial score (nSPS) is 12.3. The molecule has 126 valence electrons. The second-order valence-electron chi connectivity index (χ2n) is 5.14. The van der Waals surface area contributed by atoms with Crippen molar-refractivity contribution in [3.63, 3.8) is 0 Å². The average molecular weight is 386 g/mol. The monoisotopic (exact) mass is 385 g/mol. The largest absolute Gasteiger partial charge is 0.493 e. The maximum Gasteiger partial charge on any atom is 0.326 e. The van der Waals surface area contributed by atoms with Crippen LogP contribution in [-0.4, -0.2) is 37.2 Å². The van der Waals surface area contributed by atoms with Crippen LogP contribution < -0.4 is 14.8 Å². The predicted octanol–water partition coefficient (Wildman–Crippen LogP) is 2.70. The molecule has 0 radical (unpaired) electrons. The van der Waals surface area contributed by atoms with Gasteiger partial charge in [-0.15, -0.1) is 0 Å². The number of benzene rings is 1. The molecule has 1 aromatic rings. The molecular formula is C16H20BrNO5. The van der Waals surface area contributed by atoms with Gasteiger partial charge in [-0.05, 0) is 45.6 Å². The quantitative estimate of drug-likeness (QED) is 0.704. The zero-order chi connectivity index (χ0) is 17.6. The van der Waals surface area contributed by atoms with E-state index in [0.717, 1.165) is 0 Å². The Morgan fingerprint density at radius 2 is 1.91 bits per heavy atom. The number of halogens is 1. The third-order valence-electron chi connectivity index (χ3n) is 3.11. The second-order valence-corrected chi connectivity index (χ2v) is 5.99. The molecule has 6 nitrogen and oxygen atoms in total. The molecule has 0 heterocycles. The molecule has 0 aliphatic carbocycles. The highest BCUT2D eigenvalue weighted by Crippen LogP contribution is 2.36. The molecular weight excluding hydrogens is 366 g/mol. The minimum atomic E-state index is -1.06. The van der Waals surface area contributed by atoms with Crippen molar-refractivity contribution in [1.29, 1.82) is 0 Å². The van der Waals surface area contributed by atoms with Gasteiger partial charge in [0.25, 0.3) is 0 Å². The summed E-state index contributed by atoms with van der Waals surface area (Å²) in [5.41, 5.74) is 0.709. The fraction of sp³-hybridized carbons (Fsp3) is 0.375. The van der Waals surface area contributed by atoms with Crippen LogP contribution in [0.5, 0.6) is 11.5 Å². The van der Waals surface area contributed by atoms with Gasteiger partial charge in [0, 0.05) is 6.08 Å². The number of carboxylic acid groups (broad SMARTS) is 1. The number of hydrogen-bond acceptors (Lipinski definition) is 4. The van der Waals surface area contributed by atoms with Crippen LogP contribution in [0.3, 0.4) is 0 Å². The van der Waals surface area contributed by atoms with Crippen molar-refractivity contribution in [2.75, 3.05) is 14.2 Å². The van der Waals surface area contributed by atoms with Gasteiger partial charge >= 0.3 is 5.97 Å². The summed E-state index contributed by atoms with van der Waals surface area (Å²) in [7, 11) is 3.05. The minimum Gasteiger partial charge on any atom is -0.493 e. The molecule has 0 fully saturated rings. The van der Waals surface area contributed by atoms with Crippen LogP contribution in [0, 0.1) is 5.92 Å². The third-order valence-corrected chi connectivity index (χ3v) is 3.70. The summed E-state index contributed by atoms with van der Waals surface area (Å²) in [5, 5.41) is 11.5. The van der Waals surface area contributed by atoms with Crippen LogP contribution in [0.2, 0.25) is 0 Å². The molecule has 1 atom stereocenters. The predicted molar refractivity (Wildman–Crippen MR) is 90.7 cm³/mol. The molecule has 0 saturated heterocycles. The molecule has 0 saturated carbocycles. The summed E-state index contributed by atoms with van der Waals surface area (Å²) >= 11 is 3.37. The number of aliphatic carboxylic acids is 1. The topological polar surface area (TPSA) is 84.9 Å². The van der Waals surface area contributed by atoms with E-state index in [0.29, 0.717) is 21.5 Å². The van der Waals surface area contributed by atoms with Gasteiger partial charge in [-0.25, -0.2) is 4.79 Å². The first-order valence-corrected chi connectivity index (χ1v) is 7.72. The highest BCUT2D eigenvalue weighted by Gasteiger charge is 2.22. The number of hydrogen-bond donors (Lipinski definition) is 2. The lowest BCUT2D eigenvalue weighted by atomic mass is 10.0. The first-order chi connectivity index (χ1) is 10.8. The van der Waals surface area contributed by atoms with E-state index in [-0.39, 0.29) is 5.92 Å². The summed E-state index contributed by atoms with van der Waals surface area (Å²) in [4.78, 5) is 22.9. The molecule has 1 rings (SSSR count). The van der Waals surface area contributed by atoms with Crippen molar-refractivity contribution in [1.82, 2.24) is 5.32 Å². The Hall–Kier alpha value is -2.02. The Morgan fingerprint density at radius 3 is 2.39 bits per heavy atom. The number of amides is 1. The molecule has 1 aromatic carbocycles. The molecule has 2 N–H and O–H groups in total. The number of carbonyl (C=O) groups is 2. The SMILES string of the molecule is COc1cc(/C=C/C(=O)N[C@H](C(=O)O)C(C)C)cc(Br)c1OC. The summed E-state index contributed by atoms with van der Waals surface area (Å²) in [6.07, 6.45) is 2.85. The molecule has 0 unspecified atom stereocenters. The lowest BCUT2D eigenvalue weighted by Gasteiger charge is -2.16. The molecule has 7 heteroatoms. The molecule has 0 bridgehead atoms. The number of methoxy groups -OCH3 is 2. The Balaban J connectivity index is 2.90. The van der Waals surface area contributed by atoms with E-state index in [4.69, 9.17) is 14.6 Å². The van der Waals surface area contributed by atoms with Crippen molar-refractivity contribution >= 4 is 33.9 Å². The van der Waals surface area contributed by atoms with E-state index in [1.54, 1.807) is 32.1 Å². The van der Waals surface area contributed by atoms with Gasteiger partial charge in [0.2, 0.25) is 5.91 Å². The second kappa shape index (κ2) is 8.57. The lowest BCUT2D eigenvalue weighted by Crippen LogP contribution is -2.43. The van der Waals surface area contributed by atoms with Gasteiger partial charge in [-0.1, -0.05) is 13.8 Å². The number of ether oxygens (including phenoxy) is 2. The summed E-state index contributed by atoms with van der Waals surface area (Å²) < 4.78 is 11.1. The van der Waals surface area contributed by atoms with Crippen LogP contribution in [0.4, 0.5) is 0 Å². The zero-order valence-electron chi connectivity index (χ0n) is 13.4. The molecule has 1 amide bonds. The summed E-state index contributed by atoms with van der Waals surface area (Å²) in [5.74, 6) is -0.667. The van der Waals surface area contributed by atoms with E-state index in [1.807, 2.05) is 0 Å². The van der Waals surface area contributed by atoms with E-state index in [9.17, 15) is 9.59 Å². The van der Waals surface area contributed by atoms with E-state index in [1.165, 1.54) is 20.3 Å². The van der Waals surface area contributed by atoms with Gasteiger partial charge in [-0.2, -0.15) is 0 Å². The fourth-order valence-electron chi connectivity index (χ4n) is 1.92. The van der Waals surface area contributed by atoms with E-state index in [2.05, 4.69) is 21.2 Å². The van der Waals surface area contributed by atoms with Crippen LogP contribution in [0.15, 0.2) is 22.7 Å². The molecule has 0 spiro atoms. The molecule has 0 aromatic heterocycles. The Morgan fingerprint density at radius 1 is 1.26 bits per heavy atom. The number of carbonyl (C=O) groups excluding carboxylic acids is 1. The third kappa shape index (κ3) is 5.28. The standard InChI is InChI=1S/C16H20BrNO5/c1-9(2)14(16(20)21)18-13(19)6-5-10-7-11(17)15(23-4)12(8-10)22-3/h5-9,14H,1-4H3,(H,18,19)(H,20,21)/b6-5+/t14-/m0/s1. The Kier molecular flexibility index (Phi) is 7.09. The van der Waals surface area contributed by atoms with Crippen LogP contribution in [-0.2, 0) is 9.59 Å². The van der Waals surface area contributed by atoms with Crippen molar-refractivity contribution in [3.05, 3.63) is 28.2 Å². The smallest absolute Gasteiger partial charge is 0.326 e. The summed E-state index contributed by atoms with van der Waals surface area (Å²) in [6.45, 7) is 3.46. The van der Waals surface area contributed by atoms with Crippen LogP contribution >= 0.6 is 15.9 Å². The van der Waals surface area contributed by atoms with E-state index >= 15 is 0 Å². The highest BCUT2D eigenvalue weighted by molar-refractivity contribution is 9.10. The van der Waals surface area contributed by atoms with Crippen molar-refractivity contribution < 1.29 is 24.2 Å². The van der Waals surface area contributed by atoms with Gasteiger partial charge in [0.15, 0.2) is 11.5 Å². The first-order valence-electron chi connectivity index (χ1n) is 6.93. The average Bonchev–Trinajstić information content (AvgIpc) is 2.49. The van der Waals surface area contributed by atoms with Crippen LogP contribution in [0.25, 0.3) is 6.08 Å². The highest BCUT2D eigenvalue weighted by atomic mass is 79.9. The van der Waals surface area contributed by atoms with Gasteiger partial charge < -0.3 is 19.9 Å². The van der Waals surface area contributed by atoms with Gasteiger partial charge in [0.1, 0.15) is 6.04 Å². The van der Waals surface area contributed by atoms with Crippen molar-refractivity contribution in [2.45, 2.75) is 19.9 Å². The Bertz CT molecular complexity index is 613. The first kappa shape index (κ1) is 19.0. The Labute approximate surface area is 143 Å². The fourth-order valence-corrected chi connectivity index (χ4v) is 2.54. The minimum absolute atomic E-state index is 0.208. The maximum absolute atomic E-state index is 11.9. The molecule has 0 aliphatic heterocycles.